The quantitative estimate of drug-likeness (QED) is 0.196. The zero-order chi connectivity index (χ0) is 31.3. The van der Waals surface area contributed by atoms with Crippen LogP contribution < -0.4 is 5.14 Å². The minimum Gasteiger partial charge on any atom is -0.476 e. The number of nitrogens with zero attached hydrogens (tertiary/aromatic N) is 3. The van der Waals surface area contributed by atoms with Crippen molar-refractivity contribution < 1.29 is 31.5 Å². The topological polar surface area (TPSA) is 128 Å². The van der Waals surface area contributed by atoms with Gasteiger partial charge in [0.15, 0.2) is 5.69 Å². The summed E-state index contributed by atoms with van der Waals surface area (Å²) in [6, 6.07) is 12.5. The number of sulfonamides is 1. The van der Waals surface area contributed by atoms with Gasteiger partial charge >= 0.3 is 5.97 Å². The van der Waals surface area contributed by atoms with Gasteiger partial charge in [0.05, 0.1) is 11.4 Å². The molecule has 6 rings (SSSR count). The molecule has 1 saturated carbocycles. The number of carboxylic acids is 1. The maximum absolute atomic E-state index is 15.1. The van der Waals surface area contributed by atoms with Gasteiger partial charge < -0.3 is 5.11 Å². The molecular formula is C31H25F3N4O4S2. The van der Waals surface area contributed by atoms with Crippen molar-refractivity contribution in [3.8, 4) is 27.5 Å². The smallest absolute Gasteiger partial charge is 0.355 e. The van der Waals surface area contributed by atoms with Crippen LogP contribution in [0.3, 0.4) is 0 Å². The molecule has 3 N–H and O–H groups in total. The van der Waals surface area contributed by atoms with Gasteiger partial charge in [-0.05, 0) is 85.2 Å². The summed E-state index contributed by atoms with van der Waals surface area (Å²) in [5.41, 5.74) is 3.46. The fourth-order valence-electron chi connectivity index (χ4n) is 5.07. The summed E-state index contributed by atoms with van der Waals surface area (Å²) in [5.74, 6) is -2.89. The normalized spacial score (nSPS) is 13.4. The third-order valence-corrected chi connectivity index (χ3v) is 9.33. The average Bonchev–Trinajstić information content (AvgIpc) is 3.52. The van der Waals surface area contributed by atoms with Gasteiger partial charge in [0.2, 0.25) is 15.2 Å². The molecule has 0 unspecified atom stereocenters. The maximum Gasteiger partial charge on any atom is 0.355 e. The van der Waals surface area contributed by atoms with E-state index >= 15 is 4.39 Å². The summed E-state index contributed by atoms with van der Waals surface area (Å²) < 4.78 is 69.6. The van der Waals surface area contributed by atoms with Gasteiger partial charge in [-0.25, -0.2) is 41.2 Å². The Morgan fingerprint density at radius 3 is 2.41 bits per heavy atom. The Morgan fingerprint density at radius 2 is 1.77 bits per heavy atom. The Balaban J connectivity index is 1.55. The van der Waals surface area contributed by atoms with E-state index in [1.54, 1.807) is 29.8 Å². The highest BCUT2D eigenvalue weighted by atomic mass is 32.2. The number of hydrogen-bond donors (Lipinski definition) is 2. The highest BCUT2D eigenvalue weighted by molar-refractivity contribution is 7.89. The summed E-state index contributed by atoms with van der Waals surface area (Å²) in [5, 5.41) is 21.2. The summed E-state index contributed by atoms with van der Waals surface area (Å²) in [6.45, 7) is 1.61. The Morgan fingerprint density at radius 1 is 1.02 bits per heavy atom. The van der Waals surface area contributed by atoms with Crippen molar-refractivity contribution in [1.82, 2.24) is 14.8 Å². The van der Waals surface area contributed by atoms with Crippen molar-refractivity contribution in [3.63, 3.8) is 0 Å². The van der Waals surface area contributed by atoms with E-state index in [1.807, 2.05) is 0 Å². The van der Waals surface area contributed by atoms with Gasteiger partial charge in [-0.2, -0.15) is 5.10 Å². The van der Waals surface area contributed by atoms with Crippen LogP contribution >= 0.6 is 11.3 Å². The fourth-order valence-corrected chi connectivity index (χ4v) is 6.43. The zero-order valence-electron chi connectivity index (χ0n) is 23.2. The molecule has 1 fully saturated rings. The Bertz CT molecular complexity index is 2050. The van der Waals surface area contributed by atoms with Gasteiger partial charge in [0.1, 0.15) is 22.3 Å². The molecule has 3 aromatic carbocycles. The molecule has 0 amide bonds. The lowest BCUT2D eigenvalue weighted by Gasteiger charge is -2.11. The second kappa shape index (κ2) is 11.3. The minimum absolute atomic E-state index is 0.113. The Kier molecular flexibility index (Phi) is 7.64. The number of aryl methyl sites for hydroxylation is 1. The van der Waals surface area contributed by atoms with Gasteiger partial charge in [-0.3, -0.25) is 0 Å². The van der Waals surface area contributed by atoms with Crippen LogP contribution in [0.4, 0.5) is 13.2 Å². The van der Waals surface area contributed by atoms with E-state index in [9.17, 15) is 27.1 Å². The average molecular weight is 639 g/mol. The number of thiazole rings is 1. The van der Waals surface area contributed by atoms with Crippen molar-refractivity contribution in [2.45, 2.75) is 37.5 Å². The van der Waals surface area contributed by atoms with Gasteiger partial charge in [-0.1, -0.05) is 18.2 Å². The van der Waals surface area contributed by atoms with E-state index in [1.165, 1.54) is 29.6 Å². The lowest BCUT2D eigenvalue weighted by Crippen LogP contribution is -2.14. The van der Waals surface area contributed by atoms with Crippen LogP contribution in [0, 0.1) is 30.3 Å². The number of hydrogen-bond acceptors (Lipinski definition) is 6. The van der Waals surface area contributed by atoms with E-state index in [0.717, 1.165) is 42.0 Å². The molecule has 44 heavy (non-hydrogen) atoms. The predicted molar refractivity (Wildman–Crippen MR) is 159 cm³/mol. The van der Waals surface area contributed by atoms with Gasteiger partial charge in [0.25, 0.3) is 0 Å². The number of benzene rings is 3. The first-order chi connectivity index (χ1) is 20.9. The molecule has 2 aromatic heterocycles. The van der Waals surface area contributed by atoms with Gasteiger partial charge in [0, 0.05) is 28.5 Å². The number of carbonyl (C=O) groups is 1. The molecule has 1 aliphatic rings. The molecular weight excluding hydrogens is 613 g/mol. The van der Waals surface area contributed by atoms with E-state index in [4.69, 9.17) is 10.2 Å². The van der Waals surface area contributed by atoms with E-state index in [2.05, 4.69) is 4.98 Å². The second-order valence-electron chi connectivity index (χ2n) is 10.8. The number of halogens is 3. The Labute approximate surface area is 254 Å². The SMILES string of the molecule is Cc1ccc(-c2cc(-c3nn(-c4nc(C(=O)O)cs4)c(CC4CC4)c3Cc3ccc(S(N)(=O)=O)c(F)c3)ccc2F)cc1F. The zero-order valence-corrected chi connectivity index (χ0v) is 24.9. The van der Waals surface area contributed by atoms with Gasteiger partial charge in [-0.15, -0.1) is 11.3 Å². The summed E-state index contributed by atoms with van der Waals surface area (Å²) in [7, 11) is -4.28. The van der Waals surface area contributed by atoms with Crippen LogP contribution in [0.25, 0.3) is 27.5 Å². The molecule has 0 saturated heterocycles. The second-order valence-corrected chi connectivity index (χ2v) is 13.2. The molecule has 8 nitrogen and oxygen atoms in total. The first kappa shape index (κ1) is 29.7. The molecule has 0 spiro atoms. The lowest BCUT2D eigenvalue weighted by atomic mass is 9.94. The summed E-state index contributed by atoms with van der Waals surface area (Å²) >= 11 is 1.09. The molecule has 13 heteroatoms. The summed E-state index contributed by atoms with van der Waals surface area (Å²) in [6.07, 6.45) is 2.65. The molecule has 226 valence electrons. The first-order valence-electron chi connectivity index (χ1n) is 13.6. The highest BCUT2D eigenvalue weighted by Gasteiger charge is 2.30. The van der Waals surface area contributed by atoms with Crippen molar-refractivity contribution in [1.29, 1.82) is 0 Å². The van der Waals surface area contributed by atoms with E-state index in [-0.39, 0.29) is 17.7 Å². The highest BCUT2D eigenvalue weighted by Crippen LogP contribution is 2.39. The largest absolute Gasteiger partial charge is 0.476 e. The molecule has 0 atom stereocenters. The third kappa shape index (κ3) is 5.90. The number of aromatic nitrogens is 3. The minimum atomic E-state index is -4.28. The fraction of sp³-hybridized carbons (Fsp3) is 0.194. The lowest BCUT2D eigenvalue weighted by molar-refractivity contribution is 0.0691. The van der Waals surface area contributed by atoms with Crippen LogP contribution in [0.15, 0.2) is 64.9 Å². The molecule has 2 heterocycles. The number of carboxylic acid groups (broad SMARTS) is 1. The van der Waals surface area contributed by atoms with E-state index in [0.29, 0.717) is 51.0 Å². The molecule has 5 aromatic rings. The van der Waals surface area contributed by atoms with Crippen molar-refractivity contribution in [2.24, 2.45) is 11.1 Å². The number of primary sulfonamides is 1. The summed E-state index contributed by atoms with van der Waals surface area (Å²) in [4.78, 5) is 15.2. The first-order valence-corrected chi connectivity index (χ1v) is 16.0. The van der Waals surface area contributed by atoms with Crippen LogP contribution in [0.5, 0.6) is 0 Å². The standard InChI is InChI=1S/C31H25F3N4O4S2/c1-16-2-6-19(14-24(16)33)21-13-20(7-8-23(21)32)29-22(10-18-5-9-28(25(34)11-18)44(35,41)42)27(12-17-3-4-17)38(37-29)31-36-26(15-43-31)30(39)40/h2,5-9,11,13-15,17H,3-4,10,12H2,1H3,(H,39,40)(H2,35,41,42). The van der Waals surface area contributed by atoms with Crippen LogP contribution in [0.1, 0.15) is 45.7 Å². The monoisotopic (exact) mass is 638 g/mol. The number of aromatic carboxylic acids is 1. The number of rotatable bonds is 9. The molecule has 0 radical (unpaired) electrons. The molecule has 0 bridgehead atoms. The maximum atomic E-state index is 15.1. The van der Waals surface area contributed by atoms with E-state index < -0.39 is 38.3 Å². The van der Waals surface area contributed by atoms with Crippen LogP contribution in [0.2, 0.25) is 0 Å². The number of nitrogens with two attached hydrogens (primary N) is 1. The predicted octanol–water partition coefficient (Wildman–Crippen LogP) is 6.28. The van der Waals surface area contributed by atoms with Crippen molar-refractivity contribution in [2.75, 3.05) is 0 Å². The third-order valence-electron chi connectivity index (χ3n) is 7.57. The van der Waals surface area contributed by atoms with Crippen LogP contribution in [-0.2, 0) is 22.9 Å². The van der Waals surface area contributed by atoms with Crippen molar-refractivity contribution >= 4 is 27.3 Å². The molecule has 1 aliphatic carbocycles. The van der Waals surface area contributed by atoms with Crippen molar-refractivity contribution in [3.05, 3.63) is 106 Å². The Hall–Kier alpha value is -4.33. The van der Waals surface area contributed by atoms with Crippen LogP contribution in [-0.4, -0.2) is 34.3 Å². The molecule has 0 aliphatic heterocycles.